The normalized spacial score (nSPS) is 38.2. The number of carbonyl (C=O) groups excluding carboxylic acids is 3. The van der Waals surface area contributed by atoms with E-state index in [0.717, 1.165) is 32.1 Å². The first kappa shape index (κ1) is 26.9. The lowest BCUT2D eigenvalue weighted by atomic mass is 9.40. The van der Waals surface area contributed by atoms with E-state index in [2.05, 4.69) is 20.4 Å². The van der Waals surface area contributed by atoms with Crippen LogP contribution in [0.1, 0.15) is 86.8 Å². The smallest absolute Gasteiger partial charge is 0.374 e. The van der Waals surface area contributed by atoms with Gasteiger partial charge in [-0.25, -0.2) is 9.59 Å². The molecule has 2 heterocycles. The van der Waals surface area contributed by atoms with Crippen LogP contribution in [-0.4, -0.2) is 36.7 Å². The molecule has 1 spiro atoms. The predicted octanol–water partition coefficient (Wildman–Crippen LogP) is 6.38. The summed E-state index contributed by atoms with van der Waals surface area (Å²) in [4.78, 5) is 38.4. The van der Waals surface area contributed by atoms with Gasteiger partial charge in [0.2, 0.25) is 11.5 Å². The first-order valence-electron chi connectivity index (χ1n) is 14.4. The highest BCUT2D eigenvalue weighted by Gasteiger charge is 2.70. The molecule has 4 aliphatic carbocycles. The molecule has 4 saturated carbocycles. The quantitative estimate of drug-likeness (QED) is 0.232. The molecular weight excluding hydrogens is 512 g/mol. The minimum Gasteiger partial charge on any atom is -0.465 e. The van der Waals surface area contributed by atoms with Crippen LogP contribution in [-0.2, 0) is 19.0 Å². The molecule has 0 aromatic carbocycles. The highest BCUT2D eigenvalue weighted by Crippen LogP contribution is 2.72. The monoisotopic (exact) mass is 550 g/mol. The summed E-state index contributed by atoms with van der Waals surface area (Å²) in [5.41, 5.74) is 0.219. The molecule has 6 rings (SSSR count). The average molecular weight is 551 g/mol. The molecule has 2 aromatic heterocycles. The molecule has 2 bridgehead atoms. The van der Waals surface area contributed by atoms with Crippen LogP contribution in [0.4, 0.5) is 0 Å². The van der Waals surface area contributed by atoms with Crippen LogP contribution in [0, 0.1) is 34.0 Å². The van der Waals surface area contributed by atoms with Crippen LogP contribution in [0.15, 0.2) is 57.8 Å². The Labute approximate surface area is 234 Å². The summed E-state index contributed by atoms with van der Waals surface area (Å²) >= 11 is 0. The van der Waals surface area contributed by atoms with Crippen LogP contribution in [0.3, 0.4) is 0 Å². The molecule has 0 amide bonds. The van der Waals surface area contributed by atoms with E-state index in [1.54, 1.807) is 24.3 Å². The Bertz CT molecular complexity index is 1290. The third kappa shape index (κ3) is 4.13. The number of ether oxygens (including phenoxy) is 3. The molecule has 0 unspecified atom stereocenters. The molecule has 40 heavy (non-hydrogen) atoms. The van der Waals surface area contributed by atoms with Gasteiger partial charge in [0.05, 0.1) is 12.5 Å². The number of rotatable bonds is 6. The van der Waals surface area contributed by atoms with Gasteiger partial charge in [-0.3, -0.25) is 4.79 Å². The van der Waals surface area contributed by atoms with Gasteiger partial charge in [0, 0.05) is 17.8 Å². The fourth-order valence-electron chi connectivity index (χ4n) is 9.23. The Morgan fingerprint density at radius 1 is 0.950 bits per heavy atom. The van der Waals surface area contributed by atoms with Gasteiger partial charge in [-0.05, 0) is 92.4 Å². The van der Waals surface area contributed by atoms with E-state index >= 15 is 0 Å². The molecule has 8 heteroatoms. The van der Waals surface area contributed by atoms with E-state index in [9.17, 15) is 14.4 Å². The topological polar surface area (TPSA) is 105 Å². The van der Waals surface area contributed by atoms with Crippen molar-refractivity contribution in [1.82, 2.24) is 0 Å². The van der Waals surface area contributed by atoms with Crippen molar-refractivity contribution < 1.29 is 37.4 Å². The molecule has 4 fully saturated rings. The largest absolute Gasteiger partial charge is 0.465 e. The summed E-state index contributed by atoms with van der Waals surface area (Å²) in [6.45, 7) is 10.3. The van der Waals surface area contributed by atoms with Crippen LogP contribution in [0.25, 0.3) is 0 Å². The van der Waals surface area contributed by atoms with Gasteiger partial charge in [-0.15, -0.1) is 0 Å². The number of hydrogen-bond donors (Lipinski definition) is 0. The lowest BCUT2D eigenvalue weighted by molar-refractivity contribution is -0.232. The first-order chi connectivity index (χ1) is 19.1. The van der Waals surface area contributed by atoms with Crippen molar-refractivity contribution >= 4 is 17.9 Å². The molecule has 214 valence electrons. The molecule has 2 aromatic rings. The molecule has 0 saturated heterocycles. The van der Waals surface area contributed by atoms with Crippen molar-refractivity contribution in [2.75, 3.05) is 6.61 Å². The van der Waals surface area contributed by atoms with Gasteiger partial charge in [0.25, 0.3) is 0 Å². The van der Waals surface area contributed by atoms with Gasteiger partial charge < -0.3 is 23.0 Å². The Kier molecular flexibility index (Phi) is 6.50. The fraction of sp³-hybridized carbons (Fsp3) is 0.594. The second-order valence-corrected chi connectivity index (χ2v) is 13.0. The highest BCUT2D eigenvalue weighted by atomic mass is 16.6. The molecule has 0 N–H and O–H groups in total. The molecule has 8 nitrogen and oxygen atoms in total. The Hall–Kier alpha value is -3.29. The summed E-state index contributed by atoms with van der Waals surface area (Å²) in [5.74, 6) is -0.386. The van der Waals surface area contributed by atoms with Crippen molar-refractivity contribution in [2.45, 2.75) is 77.9 Å². The number of fused-ring (bicyclic) bond motifs is 3. The zero-order chi connectivity index (χ0) is 28.3. The molecule has 0 radical (unpaired) electrons. The van der Waals surface area contributed by atoms with E-state index in [4.69, 9.17) is 23.0 Å². The molecular formula is C32H38O8. The molecule has 0 aliphatic heterocycles. The van der Waals surface area contributed by atoms with E-state index in [0.29, 0.717) is 18.8 Å². The van der Waals surface area contributed by atoms with E-state index in [1.165, 1.54) is 25.0 Å². The Morgan fingerprint density at radius 3 is 2.20 bits per heavy atom. The Balaban J connectivity index is 1.39. The zero-order valence-corrected chi connectivity index (χ0v) is 23.5. The lowest BCUT2D eigenvalue weighted by Gasteiger charge is -2.66. The van der Waals surface area contributed by atoms with Gasteiger partial charge in [-0.2, -0.15) is 0 Å². The molecule has 8 atom stereocenters. The Morgan fingerprint density at radius 2 is 1.60 bits per heavy atom. The van der Waals surface area contributed by atoms with Gasteiger partial charge in [0.15, 0.2) is 0 Å². The SMILES string of the molecule is C=C1C[C@@]23C[C@@H]1CC[C@H]2[C@]1(C)CC[C@@H](OC(=O)c2ccco2)[C@](C)(COC(C)=O)[C@@H]1C[C@@H]3OC(=O)c1ccco1. The fourth-order valence-corrected chi connectivity index (χ4v) is 9.23. The van der Waals surface area contributed by atoms with Crippen LogP contribution >= 0.6 is 0 Å². The van der Waals surface area contributed by atoms with Gasteiger partial charge >= 0.3 is 17.9 Å². The number of carbonyl (C=O) groups is 3. The summed E-state index contributed by atoms with van der Waals surface area (Å²) in [6.07, 6.45) is 8.01. The van der Waals surface area contributed by atoms with Crippen molar-refractivity contribution in [3.05, 3.63) is 60.5 Å². The van der Waals surface area contributed by atoms with Gasteiger partial charge in [-0.1, -0.05) is 26.0 Å². The van der Waals surface area contributed by atoms with Crippen molar-refractivity contribution in [3.63, 3.8) is 0 Å². The van der Waals surface area contributed by atoms with E-state index < -0.39 is 23.5 Å². The molecule has 4 aliphatic rings. The van der Waals surface area contributed by atoms with Crippen molar-refractivity contribution in [2.24, 2.45) is 34.0 Å². The van der Waals surface area contributed by atoms with Crippen LogP contribution in [0.2, 0.25) is 0 Å². The number of hydrogen-bond acceptors (Lipinski definition) is 8. The number of esters is 3. The highest BCUT2D eigenvalue weighted by molar-refractivity contribution is 5.86. The zero-order valence-electron chi connectivity index (χ0n) is 23.5. The van der Waals surface area contributed by atoms with Crippen LogP contribution in [0.5, 0.6) is 0 Å². The number of furan rings is 2. The van der Waals surface area contributed by atoms with E-state index in [-0.39, 0.29) is 52.9 Å². The van der Waals surface area contributed by atoms with Crippen molar-refractivity contribution in [1.29, 1.82) is 0 Å². The minimum absolute atomic E-state index is 0.0436. The van der Waals surface area contributed by atoms with Crippen molar-refractivity contribution in [3.8, 4) is 0 Å². The predicted molar refractivity (Wildman–Crippen MR) is 143 cm³/mol. The standard InChI is InChI=1S/C32H38O8/c1-19-16-32-17-21(19)9-10-24(32)30(3)12-11-26(39-28(34)22-7-5-13-36-22)31(4,18-38-20(2)33)25(30)15-27(32)40-29(35)23-8-6-14-37-23/h5-8,13-14,21,24-27H,1,9-12,15-18H2,2-4H3/t21-,24-,25+,26+,27-,30-,31+,32+/m0/s1. The summed E-state index contributed by atoms with van der Waals surface area (Å²) in [5, 5.41) is 0. The first-order valence-corrected chi connectivity index (χ1v) is 14.4. The summed E-state index contributed by atoms with van der Waals surface area (Å²) in [6, 6.07) is 6.53. The maximum absolute atomic E-state index is 13.3. The van der Waals surface area contributed by atoms with Crippen LogP contribution < -0.4 is 0 Å². The number of allylic oxidation sites excluding steroid dienone is 1. The second kappa shape index (κ2) is 9.67. The summed E-state index contributed by atoms with van der Waals surface area (Å²) in [7, 11) is 0. The average Bonchev–Trinajstić information content (AvgIpc) is 3.69. The van der Waals surface area contributed by atoms with E-state index in [1.807, 2.05) is 0 Å². The maximum Gasteiger partial charge on any atom is 0.374 e. The third-order valence-corrected chi connectivity index (χ3v) is 10.9. The lowest BCUT2D eigenvalue weighted by Crippen LogP contribution is -2.66. The maximum atomic E-state index is 13.3. The second-order valence-electron chi connectivity index (χ2n) is 13.0. The van der Waals surface area contributed by atoms with Gasteiger partial charge in [0.1, 0.15) is 18.8 Å². The minimum atomic E-state index is -0.704. The summed E-state index contributed by atoms with van der Waals surface area (Å²) < 4.78 is 28.8. The third-order valence-electron chi connectivity index (χ3n) is 10.9.